The highest BCUT2D eigenvalue weighted by Gasteiger charge is 2.29. The molecule has 0 aliphatic heterocycles. The number of ether oxygens (including phenoxy) is 2. The highest BCUT2D eigenvalue weighted by molar-refractivity contribution is 7.90. The lowest BCUT2D eigenvalue weighted by Crippen LogP contribution is -2.13. The number of halogens is 1. The molecule has 0 radical (unpaired) electrons. The lowest BCUT2D eigenvalue weighted by atomic mass is 10.1. The van der Waals surface area contributed by atoms with Crippen LogP contribution in [-0.4, -0.2) is 48.3 Å². The van der Waals surface area contributed by atoms with Gasteiger partial charge in [0.2, 0.25) is 15.7 Å². The molecule has 14 heteroatoms. The average Bonchev–Trinajstić information content (AvgIpc) is 2.66. The molecule has 31 heavy (non-hydrogen) atoms. The van der Waals surface area contributed by atoms with E-state index in [4.69, 9.17) is 20.5 Å². The van der Waals surface area contributed by atoms with Gasteiger partial charge in [-0.1, -0.05) is 0 Å². The highest BCUT2D eigenvalue weighted by atomic mass is 32.2. The number of sulfone groups is 1. The number of rotatable bonds is 8. The Bertz CT molecular complexity index is 1180. The number of carbonyl (C=O) groups excluding carboxylic acids is 1. The largest absolute Gasteiger partial charge is 0.462 e. The monoisotopic (exact) mass is 453 g/mol. The van der Waals surface area contributed by atoms with Gasteiger partial charge in [0.25, 0.3) is 5.16 Å². The molecule has 1 heterocycles. The van der Waals surface area contributed by atoms with E-state index in [0.717, 1.165) is 18.4 Å². The Morgan fingerprint density at radius 1 is 1.42 bits per heavy atom. The number of anilines is 1. The van der Waals surface area contributed by atoms with Crippen molar-refractivity contribution in [3.63, 3.8) is 0 Å². The van der Waals surface area contributed by atoms with Crippen LogP contribution in [-0.2, 0) is 14.6 Å². The molecule has 0 saturated carbocycles. The summed E-state index contributed by atoms with van der Waals surface area (Å²) in [6.07, 6.45) is -0.547. The topological polar surface area (TPSA) is 188 Å². The van der Waals surface area contributed by atoms with Crippen LogP contribution < -0.4 is 10.5 Å². The Kier molecular flexibility index (Phi) is 7.03. The molecule has 2 rings (SSSR count). The number of benzene rings is 1. The first-order chi connectivity index (χ1) is 14.4. The minimum absolute atomic E-state index is 0.0340. The van der Waals surface area contributed by atoms with Gasteiger partial charge in [-0.3, -0.25) is 10.1 Å². The maximum absolute atomic E-state index is 12.9. The second-order valence-electron chi connectivity index (χ2n) is 6.20. The standard InChI is InChI=1S/C17H16FN5O7S/c1-9(18)5-6-29-16(24)11-7-10(8-19)3-4-12(11)30-15-13(23(25)26)14(20)21-17(22-15)31(2,27)28/h3-4,7,9H,5-6H2,1-2H3,(H2,20,21,22). The Labute approximate surface area is 175 Å². The number of nitro groups is 1. The third-order valence-electron chi connectivity index (χ3n) is 3.66. The van der Waals surface area contributed by atoms with E-state index in [9.17, 15) is 27.7 Å². The molecule has 0 bridgehead atoms. The fourth-order valence-corrected chi connectivity index (χ4v) is 2.70. The summed E-state index contributed by atoms with van der Waals surface area (Å²) in [6.45, 7) is 1.00. The second kappa shape index (κ2) is 9.30. The summed E-state index contributed by atoms with van der Waals surface area (Å²) in [4.78, 5) is 29.7. The van der Waals surface area contributed by atoms with E-state index in [1.54, 1.807) is 6.07 Å². The first kappa shape index (κ1) is 23.4. The van der Waals surface area contributed by atoms with Crippen molar-refractivity contribution in [2.75, 3.05) is 18.6 Å². The summed E-state index contributed by atoms with van der Waals surface area (Å²) in [5.41, 5.74) is 4.29. The maximum Gasteiger partial charge on any atom is 0.373 e. The summed E-state index contributed by atoms with van der Waals surface area (Å²) in [7, 11) is -4.01. The number of hydrogen-bond donors (Lipinski definition) is 1. The van der Waals surface area contributed by atoms with E-state index in [-0.39, 0.29) is 29.9 Å². The van der Waals surface area contributed by atoms with Gasteiger partial charge in [-0.25, -0.2) is 17.6 Å². The Hall–Kier alpha value is -3.86. The molecule has 2 N–H and O–H groups in total. The number of nitrogen functional groups attached to an aromatic ring is 1. The zero-order chi connectivity index (χ0) is 23.3. The number of alkyl halides is 1. The quantitative estimate of drug-likeness (QED) is 0.266. The van der Waals surface area contributed by atoms with E-state index in [1.807, 2.05) is 0 Å². The Morgan fingerprint density at radius 3 is 2.65 bits per heavy atom. The fraction of sp³-hybridized carbons (Fsp3) is 0.294. The van der Waals surface area contributed by atoms with E-state index in [0.29, 0.717) is 0 Å². The number of nitriles is 1. The van der Waals surface area contributed by atoms with Crippen LogP contribution >= 0.6 is 0 Å². The van der Waals surface area contributed by atoms with Crippen LogP contribution in [0.5, 0.6) is 11.6 Å². The first-order valence-electron chi connectivity index (χ1n) is 8.49. The summed E-state index contributed by atoms with van der Waals surface area (Å²) < 4.78 is 46.7. The molecule has 0 fully saturated rings. The maximum atomic E-state index is 12.9. The highest BCUT2D eigenvalue weighted by Crippen LogP contribution is 2.35. The predicted octanol–water partition coefficient (Wildman–Crippen LogP) is 1.94. The van der Waals surface area contributed by atoms with E-state index in [1.165, 1.54) is 13.0 Å². The summed E-state index contributed by atoms with van der Waals surface area (Å²) in [5, 5.41) is 19.6. The molecule has 0 saturated heterocycles. The molecule has 0 aliphatic carbocycles. The molecule has 0 spiro atoms. The molecular weight excluding hydrogens is 437 g/mol. The number of carbonyl (C=O) groups is 1. The minimum Gasteiger partial charge on any atom is -0.462 e. The molecule has 0 amide bonds. The fourth-order valence-electron chi connectivity index (χ4n) is 2.18. The first-order valence-corrected chi connectivity index (χ1v) is 10.4. The van der Waals surface area contributed by atoms with Gasteiger partial charge >= 0.3 is 17.5 Å². The smallest absolute Gasteiger partial charge is 0.373 e. The van der Waals surface area contributed by atoms with Gasteiger partial charge in [0.1, 0.15) is 17.5 Å². The van der Waals surface area contributed by atoms with Crippen molar-refractivity contribution in [1.82, 2.24) is 9.97 Å². The number of nitrogens with zero attached hydrogens (tertiary/aromatic N) is 4. The van der Waals surface area contributed by atoms with Crippen LogP contribution in [0.1, 0.15) is 29.3 Å². The number of esters is 1. The predicted molar refractivity (Wildman–Crippen MR) is 103 cm³/mol. The van der Waals surface area contributed by atoms with Gasteiger partial charge in [0, 0.05) is 12.7 Å². The molecular formula is C17H16FN5O7S. The van der Waals surface area contributed by atoms with Crippen molar-refractivity contribution in [2.45, 2.75) is 24.7 Å². The molecule has 1 aromatic heterocycles. The van der Waals surface area contributed by atoms with Gasteiger partial charge in [-0.2, -0.15) is 15.2 Å². The van der Waals surface area contributed by atoms with Gasteiger partial charge in [0.15, 0.2) is 0 Å². The van der Waals surface area contributed by atoms with Crippen molar-refractivity contribution >= 4 is 27.3 Å². The van der Waals surface area contributed by atoms with Crippen LogP contribution in [0.25, 0.3) is 0 Å². The third kappa shape index (κ3) is 5.82. The molecule has 0 aliphatic rings. The van der Waals surface area contributed by atoms with Gasteiger partial charge in [-0.05, 0) is 25.1 Å². The van der Waals surface area contributed by atoms with Crippen LogP contribution in [0.15, 0.2) is 23.4 Å². The zero-order valence-corrected chi connectivity index (χ0v) is 17.1. The lowest BCUT2D eigenvalue weighted by molar-refractivity contribution is -0.385. The molecule has 164 valence electrons. The van der Waals surface area contributed by atoms with Crippen LogP contribution in [0.4, 0.5) is 15.9 Å². The Balaban J connectivity index is 2.55. The summed E-state index contributed by atoms with van der Waals surface area (Å²) in [6, 6.07) is 5.26. The second-order valence-corrected chi connectivity index (χ2v) is 8.11. The lowest BCUT2D eigenvalue weighted by Gasteiger charge is -2.12. The minimum atomic E-state index is -4.01. The normalized spacial score (nSPS) is 11.9. The average molecular weight is 453 g/mol. The number of hydrogen-bond acceptors (Lipinski definition) is 11. The number of aromatic nitrogens is 2. The van der Waals surface area contributed by atoms with Crippen LogP contribution in [0.2, 0.25) is 0 Å². The van der Waals surface area contributed by atoms with E-state index in [2.05, 4.69) is 9.97 Å². The van der Waals surface area contributed by atoms with E-state index >= 15 is 0 Å². The van der Waals surface area contributed by atoms with Crippen molar-refractivity contribution in [3.05, 3.63) is 39.4 Å². The molecule has 1 atom stereocenters. The molecule has 1 unspecified atom stereocenters. The van der Waals surface area contributed by atoms with Crippen molar-refractivity contribution < 1.29 is 32.0 Å². The van der Waals surface area contributed by atoms with E-state index < -0.39 is 49.4 Å². The molecule has 12 nitrogen and oxygen atoms in total. The van der Waals surface area contributed by atoms with Crippen LogP contribution in [0.3, 0.4) is 0 Å². The molecule has 2 aromatic rings. The SMILES string of the molecule is CC(F)CCOC(=O)c1cc(C#N)ccc1Oc1nc(S(C)(=O)=O)nc(N)c1[N+](=O)[O-]. The third-order valence-corrected chi connectivity index (χ3v) is 4.50. The van der Waals surface area contributed by atoms with Gasteiger partial charge < -0.3 is 15.2 Å². The summed E-state index contributed by atoms with van der Waals surface area (Å²) >= 11 is 0. The number of nitrogens with two attached hydrogens (primary N) is 1. The van der Waals surface area contributed by atoms with Crippen molar-refractivity contribution in [3.8, 4) is 17.7 Å². The zero-order valence-electron chi connectivity index (χ0n) is 16.2. The Morgan fingerprint density at radius 2 is 2.10 bits per heavy atom. The van der Waals surface area contributed by atoms with Crippen molar-refractivity contribution in [2.24, 2.45) is 0 Å². The summed E-state index contributed by atoms with van der Waals surface area (Å²) in [5.74, 6) is -2.95. The van der Waals surface area contributed by atoms with Gasteiger partial charge in [0.05, 0.1) is 23.2 Å². The van der Waals surface area contributed by atoms with Gasteiger partial charge in [-0.15, -0.1) is 0 Å². The van der Waals surface area contributed by atoms with Crippen molar-refractivity contribution in [1.29, 1.82) is 5.26 Å². The molecule has 1 aromatic carbocycles. The van der Waals surface area contributed by atoms with Crippen LogP contribution in [0, 0.1) is 21.4 Å².